The standard InChI is InChI=1S/C54H66O/c1-2-44-5-3-4-6-46(44)55-47-19-45(51-20-32-7-33(21-51)9-34(8-32)22-51)48(52-23-35-10-36(24-52)12-37(11-35)25-52)50(54-29-41-16-42(30-54)18-43(17-41)31-54)49(47)53-26-38-13-39(27-53)15-40(14-38)28-53/h1,3-6,19,32-43H,7-18,20-31H2. The van der Waals surface area contributed by atoms with Crippen molar-refractivity contribution < 1.29 is 4.74 Å². The van der Waals surface area contributed by atoms with Crippen LogP contribution in [0.1, 0.15) is 182 Å². The van der Waals surface area contributed by atoms with Crippen LogP contribution in [0.25, 0.3) is 0 Å². The van der Waals surface area contributed by atoms with Gasteiger partial charge in [-0.2, -0.15) is 0 Å². The van der Waals surface area contributed by atoms with E-state index < -0.39 is 0 Å². The average Bonchev–Trinajstić information content (AvgIpc) is 3.12. The molecule has 0 heterocycles. The quantitative estimate of drug-likeness (QED) is 0.269. The summed E-state index contributed by atoms with van der Waals surface area (Å²) in [5.41, 5.74) is 10.2. The molecule has 0 unspecified atom stereocenters. The number of terminal acetylenes is 1. The Bertz CT molecular complexity index is 1860. The van der Waals surface area contributed by atoms with Gasteiger partial charge in [0.2, 0.25) is 0 Å². The maximum atomic E-state index is 7.76. The number of rotatable bonds is 6. The van der Waals surface area contributed by atoms with Gasteiger partial charge in [-0.15, -0.1) is 6.42 Å². The second-order valence-electron chi connectivity index (χ2n) is 24.6. The van der Waals surface area contributed by atoms with E-state index in [0.717, 1.165) is 82.3 Å². The summed E-state index contributed by atoms with van der Waals surface area (Å²) in [5.74, 6) is 16.8. The Balaban J connectivity index is 1.11. The van der Waals surface area contributed by atoms with Crippen LogP contribution in [-0.2, 0) is 21.7 Å². The molecule has 1 nitrogen and oxygen atoms in total. The highest BCUT2D eigenvalue weighted by Gasteiger charge is 2.63. The lowest BCUT2D eigenvalue weighted by Gasteiger charge is -2.65. The van der Waals surface area contributed by atoms with Gasteiger partial charge in [0.1, 0.15) is 11.5 Å². The van der Waals surface area contributed by atoms with Gasteiger partial charge >= 0.3 is 0 Å². The van der Waals surface area contributed by atoms with Crippen LogP contribution in [0.3, 0.4) is 0 Å². The molecule has 0 N–H and O–H groups in total. The molecule has 16 aliphatic carbocycles. The average molecular weight is 731 g/mol. The summed E-state index contributed by atoms with van der Waals surface area (Å²) >= 11 is 0. The van der Waals surface area contributed by atoms with E-state index in [1.807, 2.05) is 16.7 Å². The number of hydrogen-bond donors (Lipinski definition) is 0. The fourth-order valence-electron chi connectivity index (χ4n) is 21.2. The number of ether oxygens (including phenoxy) is 1. The van der Waals surface area contributed by atoms with Gasteiger partial charge in [0.05, 0.1) is 5.56 Å². The lowest BCUT2D eigenvalue weighted by molar-refractivity contribution is -0.0293. The van der Waals surface area contributed by atoms with E-state index in [4.69, 9.17) is 11.2 Å². The first-order valence-electron chi connectivity index (χ1n) is 24.3. The minimum atomic E-state index is 0.283. The van der Waals surface area contributed by atoms with Crippen molar-refractivity contribution in [2.45, 2.75) is 176 Å². The minimum Gasteiger partial charge on any atom is -0.456 e. The molecular formula is C54H66O. The van der Waals surface area contributed by atoms with Crippen LogP contribution in [0.2, 0.25) is 0 Å². The maximum Gasteiger partial charge on any atom is 0.143 e. The molecule has 1 heteroatoms. The van der Waals surface area contributed by atoms with E-state index in [1.165, 1.54) is 141 Å². The molecule has 2 aromatic rings. The summed E-state index contributed by atoms with van der Waals surface area (Å²) in [7, 11) is 0. The predicted octanol–water partition coefficient (Wildman–Crippen LogP) is 13.3. The van der Waals surface area contributed by atoms with Crippen molar-refractivity contribution in [3.63, 3.8) is 0 Å². The zero-order chi connectivity index (χ0) is 35.9. The van der Waals surface area contributed by atoms with Crippen molar-refractivity contribution in [3.05, 3.63) is 58.1 Å². The first-order chi connectivity index (χ1) is 26.8. The summed E-state index contributed by atoms with van der Waals surface area (Å²) in [4.78, 5) is 0. The molecule has 0 radical (unpaired) electrons. The zero-order valence-corrected chi connectivity index (χ0v) is 33.8. The van der Waals surface area contributed by atoms with Gasteiger partial charge in [0, 0.05) is 11.0 Å². The first-order valence-corrected chi connectivity index (χ1v) is 24.3. The molecule has 288 valence electrons. The van der Waals surface area contributed by atoms with Crippen molar-refractivity contribution >= 4 is 0 Å². The molecule has 16 fully saturated rings. The molecule has 2 aromatic carbocycles. The van der Waals surface area contributed by atoms with E-state index in [0.29, 0.717) is 16.2 Å². The van der Waals surface area contributed by atoms with E-state index in [-0.39, 0.29) is 5.41 Å². The molecule has 16 saturated carbocycles. The van der Waals surface area contributed by atoms with E-state index in [9.17, 15) is 0 Å². The van der Waals surface area contributed by atoms with Gasteiger partial charge in [0.15, 0.2) is 0 Å². The zero-order valence-electron chi connectivity index (χ0n) is 33.8. The Morgan fingerprint density at radius 1 is 0.400 bits per heavy atom. The number of hydrogen-bond acceptors (Lipinski definition) is 1. The highest BCUT2D eigenvalue weighted by molar-refractivity contribution is 5.64. The van der Waals surface area contributed by atoms with Crippen molar-refractivity contribution in [2.24, 2.45) is 71.0 Å². The molecule has 16 bridgehead atoms. The SMILES string of the molecule is C#Cc1ccccc1Oc1cc(C23CC4CC(CC(C4)C2)C3)c(C23CC4CC(CC(C4)C2)C3)c(C23CC4CC(CC(C4)C2)C3)c1C12CC3CC(CC(C3)C1)C2. The van der Waals surface area contributed by atoms with Gasteiger partial charge in [-0.25, -0.2) is 0 Å². The van der Waals surface area contributed by atoms with E-state index in [2.05, 4.69) is 41.8 Å². The second-order valence-corrected chi connectivity index (χ2v) is 24.6. The maximum absolute atomic E-state index is 7.76. The Hall–Kier alpha value is -2.20. The fourth-order valence-corrected chi connectivity index (χ4v) is 21.2. The summed E-state index contributed by atoms with van der Waals surface area (Å²) in [5, 5.41) is 0. The highest BCUT2D eigenvalue weighted by Crippen LogP contribution is 2.73. The van der Waals surface area contributed by atoms with Crippen molar-refractivity contribution in [1.29, 1.82) is 0 Å². The van der Waals surface area contributed by atoms with Gasteiger partial charge in [-0.3, -0.25) is 0 Å². The molecule has 0 aromatic heterocycles. The predicted molar refractivity (Wildman–Crippen MR) is 220 cm³/mol. The van der Waals surface area contributed by atoms with E-state index >= 15 is 0 Å². The molecule has 0 aliphatic heterocycles. The van der Waals surface area contributed by atoms with Gasteiger partial charge < -0.3 is 4.74 Å². The largest absolute Gasteiger partial charge is 0.456 e. The molecule has 0 amide bonds. The summed E-state index contributed by atoms with van der Waals surface area (Å²) in [6.45, 7) is 0. The van der Waals surface area contributed by atoms with Gasteiger partial charge in [0.25, 0.3) is 0 Å². The monoisotopic (exact) mass is 731 g/mol. The lowest BCUT2D eigenvalue weighted by Crippen LogP contribution is -2.56. The molecule has 16 aliphatic rings. The number of para-hydroxylation sites is 1. The van der Waals surface area contributed by atoms with Crippen LogP contribution < -0.4 is 4.74 Å². The van der Waals surface area contributed by atoms with Crippen LogP contribution in [0.15, 0.2) is 30.3 Å². The molecule has 0 spiro atoms. The summed E-state index contributed by atoms with van der Waals surface area (Å²) in [6, 6.07) is 11.6. The third-order valence-electron chi connectivity index (χ3n) is 20.9. The van der Waals surface area contributed by atoms with Crippen LogP contribution in [0, 0.1) is 83.4 Å². The van der Waals surface area contributed by atoms with E-state index in [1.54, 1.807) is 19.3 Å². The smallest absolute Gasteiger partial charge is 0.143 e. The van der Waals surface area contributed by atoms with Gasteiger partial charge in [-0.1, -0.05) is 18.1 Å². The first kappa shape index (κ1) is 32.7. The van der Waals surface area contributed by atoms with Crippen molar-refractivity contribution in [2.75, 3.05) is 0 Å². The molecular weight excluding hydrogens is 665 g/mol. The Morgan fingerprint density at radius 3 is 1.11 bits per heavy atom. The Labute approximate surface area is 332 Å². The van der Waals surface area contributed by atoms with Crippen molar-refractivity contribution in [3.8, 4) is 23.8 Å². The van der Waals surface area contributed by atoms with Crippen LogP contribution in [0.4, 0.5) is 0 Å². The van der Waals surface area contributed by atoms with Crippen LogP contribution in [0.5, 0.6) is 11.5 Å². The van der Waals surface area contributed by atoms with Gasteiger partial charge in [-0.05, 0) is 276 Å². The molecule has 0 atom stereocenters. The third-order valence-corrected chi connectivity index (χ3v) is 20.9. The minimum absolute atomic E-state index is 0.283. The summed E-state index contributed by atoms with van der Waals surface area (Å²) < 4.78 is 7.76. The third kappa shape index (κ3) is 4.62. The van der Waals surface area contributed by atoms with Crippen LogP contribution >= 0.6 is 0 Å². The topological polar surface area (TPSA) is 9.23 Å². The Kier molecular flexibility index (Phi) is 6.60. The molecule has 55 heavy (non-hydrogen) atoms. The van der Waals surface area contributed by atoms with Crippen molar-refractivity contribution in [1.82, 2.24) is 0 Å². The number of benzene rings is 2. The molecule has 18 rings (SSSR count). The highest BCUT2D eigenvalue weighted by atomic mass is 16.5. The van der Waals surface area contributed by atoms with Crippen LogP contribution in [-0.4, -0.2) is 0 Å². The second kappa shape index (κ2) is 11.1. The lowest BCUT2D eigenvalue weighted by atomic mass is 9.39. The fraction of sp³-hybridized carbons (Fsp3) is 0.741. The summed E-state index contributed by atoms with van der Waals surface area (Å²) in [6.07, 6.45) is 42.4. The molecule has 0 saturated heterocycles. The Morgan fingerprint density at radius 2 is 0.727 bits per heavy atom. The normalized spacial score (nSPS) is 51.3.